The Kier molecular flexibility index (Phi) is 4.47. The Morgan fingerprint density at radius 2 is 1.81 bits per heavy atom. The van der Waals surface area contributed by atoms with Gasteiger partial charge in [0.2, 0.25) is 0 Å². The van der Waals surface area contributed by atoms with Crippen LogP contribution in [0.3, 0.4) is 0 Å². The van der Waals surface area contributed by atoms with Gasteiger partial charge in [-0.15, -0.1) is 0 Å². The van der Waals surface area contributed by atoms with E-state index in [0.29, 0.717) is 0 Å². The minimum absolute atomic E-state index is 0.163. The summed E-state index contributed by atoms with van der Waals surface area (Å²) in [4.78, 5) is 0.163. The summed E-state index contributed by atoms with van der Waals surface area (Å²) in [6, 6.07) is 12.0. The van der Waals surface area contributed by atoms with Gasteiger partial charge in [-0.1, -0.05) is 6.07 Å². The molecule has 0 fully saturated rings. The van der Waals surface area contributed by atoms with Crippen molar-refractivity contribution in [2.45, 2.75) is 11.8 Å². The highest BCUT2D eigenvalue weighted by molar-refractivity contribution is 7.92. The minimum Gasteiger partial charge on any atom is -0.385 e. The van der Waals surface area contributed by atoms with Gasteiger partial charge in [-0.05, 0) is 49.4 Å². The standard InChI is InChI=1S/C15H17FN2O2S/c1-3-17-13-7-9-15(10-8-13)21(19,20)18(2)14-6-4-5-12(16)11-14/h4-11,17H,3H2,1-2H3. The summed E-state index contributed by atoms with van der Waals surface area (Å²) >= 11 is 0. The Bertz CT molecular complexity index is 715. The van der Waals surface area contributed by atoms with Gasteiger partial charge < -0.3 is 5.32 Å². The van der Waals surface area contributed by atoms with Crippen LogP contribution in [-0.4, -0.2) is 22.0 Å². The third-order valence-electron chi connectivity index (χ3n) is 3.07. The van der Waals surface area contributed by atoms with Crippen molar-refractivity contribution in [2.75, 3.05) is 23.2 Å². The zero-order valence-electron chi connectivity index (χ0n) is 11.9. The van der Waals surface area contributed by atoms with Crippen molar-refractivity contribution in [3.63, 3.8) is 0 Å². The number of hydrogen-bond donors (Lipinski definition) is 1. The van der Waals surface area contributed by atoms with Gasteiger partial charge in [-0.3, -0.25) is 4.31 Å². The summed E-state index contributed by atoms with van der Waals surface area (Å²) in [7, 11) is -2.30. The maximum absolute atomic E-state index is 13.2. The summed E-state index contributed by atoms with van der Waals surface area (Å²) in [6.07, 6.45) is 0. The maximum atomic E-state index is 13.2. The monoisotopic (exact) mass is 308 g/mol. The molecule has 0 aliphatic heterocycles. The molecule has 4 nitrogen and oxygen atoms in total. The highest BCUT2D eigenvalue weighted by atomic mass is 32.2. The van der Waals surface area contributed by atoms with E-state index in [4.69, 9.17) is 0 Å². The summed E-state index contributed by atoms with van der Waals surface area (Å²) in [5.74, 6) is -0.475. The molecule has 0 aliphatic rings. The fourth-order valence-electron chi connectivity index (χ4n) is 1.92. The fourth-order valence-corrected chi connectivity index (χ4v) is 3.11. The van der Waals surface area contributed by atoms with Gasteiger partial charge in [0.15, 0.2) is 0 Å². The molecule has 1 N–H and O–H groups in total. The number of anilines is 2. The molecule has 0 atom stereocenters. The average molecular weight is 308 g/mol. The molecule has 0 aliphatic carbocycles. The molecule has 0 spiro atoms. The molecule has 21 heavy (non-hydrogen) atoms. The first-order chi connectivity index (χ1) is 9.95. The van der Waals surface area contributed by atoms with E-state index in [0.717, 1.165) is 16.5 Å². The Hall–Kier alpha value is -2.08. The van der Waals surface area contributed by atoms with E-state index in [1.54, 1.807) is 18.2 Å². The van der Waals surface area contributed by atoms with Crippen molar-refractivity contribution in [3.8, 4) is 0 Å². The van der Waals surface area contributed by atoms with Crippen LogP contribution in [0.15, 0.2) is 53.4 Å². The molecule has 0 heterocycles. The second kappa shape index (κ2) is 6.13. The number of hydrogen-bond acceptors (Lipinski definition) is 3. The lowest BCUT2D eigenvalue weighted by atomic mass is 10.3. The highest BCUT2D eigenvalue weighted by Gasteiger charge is 2.21. The van der Waals surface area contributed by atoms with Gasteiger partial charge in [0.05, 0.1) is 10.6 Å². The second-order valence-corrected chi connectivity index (χ2v) is 6.48. The lowest BCUT2D eigenvalue weighted by Gasteiger charge is -2.19. The molecule has 0 unspecified atom stereocenters. The van der Waals surface area contributed by atoms with E-state index in [1.165, 1.54) is 37.4 Å². The van der Waals surface area contributed by atoms with Gasteiger partial charge in [-0.25, -0.2) is 12.8 Å². The first-order valence-electron chi connectivity index (χ1n) is 6.53. The van der Waals surface area contributed by atoms with E-state index in [2.05, 4.69) is 5.32 Å². The van der Waals surface area contributed by atoms with Gasteiger partial charge in [0, 0.05) is 19.3 Å². The van der Waals surface area contributed by atoms with Crippen LogP contribution in [0.25, 0.3) is 0 Å². The molecule has 0 saturated carbocycles. The fraction of sp³-hybridized carbons (Fsp3) is 0.200. The number of sulfonamides is 1. The molecule has 0 amide bonds. The van der Waals surface area contributed by atoms with Crippen molar-refractivity contribution in [1.29, 1.82) is 0 Å². The molecule has 2 aromatic rings. The van der Waals surface area contributed by atoms with E-state index >= 15 is 0 Å². The molecule has 0 saturated heterocycles. The minimum atomic E-state index is -3.70. The van der Waals surface area contributed by atoms with Gasteiger partial charge in [-0.2, -0.15) is 0 Å². The predicted molar refractivity (Wildman–Crippen MR) is 82.6 cm³/mol. The SMILES string of the molecule is CCNc1ccc(S(=O)(=O)N(C)c2cccc(F)c2)cc1. The first-order valence-corrected chi connectivity index (χ1v) is 7.97. The van der Waals surface area contributed by atoms with Crippen LogP contribution in [0.4, 0.5) is 15.8 Å². The Balaban J connectivity index is 2.32. The average Bonchev–Trinajstić information content (AvgIpc) is 2.47. The third kappa shape index (κ3) is 3.33. The van der Waals surface area contributed by atoms with Crippen LogP contribution in [0.1, 0.15) is 6.92 Å². The molecule has 0 aromatic heterocycles. The zero-order chi connectivity index (χ0) is 15.5. The van der Waals surface area contributed by atoms with Crippen LogP contribution in [0.2, 0.25) is 0 Å². The third-order valence-corrected chi connectivity index (χ3v) is 4.87. The Morgan fingerprint density at radius 1 is 1.14 bits per heavy atom. The quantitative estimate of drug-likeness (QED) is 0.923. The molecule has 0 bridgehead atoms. The van der Waals surface area contributed by atoms with E-state index in [1.807, 2.05) is 6.92 Å². The largest absolute Gasteiger partial charge is 0.385 e. The van der Waals surface area contributed by atoms with Gasteiger partial charge in [0.1, 0.15) is 5.82 Å². The molecular formula is C15H17FN2O2S. The van der Waals surface area contributed by atoms with Crippen molar-refractivity contribution < 1.29 is 12.8 Å². The smallest absolute Gasteiger partial charge is 0.264 e. The van der Waals surface area contributed by atoms with Gasteiger partial charge >= 0.3 is 0 Å². The van der Waals surface area contributed by atoms with Crippen LogP contribution in [0.5, 0.6) is 0 Å². The normalized spacial score (nSPS) is 11.2. The number of nitrogens with one attached hydrogen (secondary N) is 1. The molecule has 2 aromatic carbocycles. The summed E-state index contributed by atoms with van der Waals surface area (Å²) in [5, 5.41) is 3.10. The second-order valence-electron chi connectivity index (χ2n) is 4.51. The van der Waals surface area contributed by atoms with E-state index < -0.39 is 15.8 Å². The van der Waals surface area contributed by atoms with Crippen molar-refractivity contribution in [3.05, 3.63) is 54.3 Å². The number of halogens is 1. The van der Waals surface area contributed by atoms with Crippen molar-refractivity contribution in [1.82, 2.24) is 0 Å². The summed E-state index contributed by atoms with van der Waals surface area (Å²) < 4.78 is 39.3. The molecular weight excluding hydrogens is 291 g/mol. The zero-order valence-corrected chi connectivity index (χ0v) is 12.7. The van der Waals surface area contributed by atoms with Crippen LogP contribution in [0, 0.1) is 5.82 Å². The van der Waals surface area contributed by atoms with E-state index in [-0.39, 0.29) is 10.6 Å². The summed E-state index contributed by atoms with van der Waals surface area (Å²) in [6.45, 7) is 2.72. The van der Waals surface area contributed by atoms with E-state index in [9.17, 15) is 12.8 Å². The van der Waals surface area contributed by atoms with Crippen LogP contribution >= 0.6 is 0 Å². The highest BCUT2D eigenvalue weighted by Crippen LogP contribution is 2.23. The van der Waals surface area contributed by atoms with Crippen molar-refractivity contribution in [2.24, 2.45) is 0 Å². The first kappa shape index (κ1) is 15.3. The molecule has 0 radical (unpaired) electrons. The topological polar surface area (TPSA) is 49.4 Å². The number of rotatable bonds is 5. The summed E-state index contributed by atoms with van der Waals surface area (Å²) in [5.41, 5.74) is 1.13. The van der Waals surface area contributed by atoms with Gasteiger partial charge in [0.25, 0.3) is 10.0 Å². The predicted octanol–water partition coefficient (Wildman–Crippen LogP) is 3.08. The maximum Gasteiger partial charge on any atom is 0.264 e. The number of nitrogens with zero attached hydrogens (tertiary/aromatic N) is 1. The Morgan fingerprint density at radius 3 is 2.38 bits per heavy atom. The number of benzene rings is 2. The lowest BCUT2D eigenvalue weighted by molar-refractivity contribution is 0.594. The van der Waals surface area contributed by atoms with Crippen LogP contribution < -0.4 is 9.62 Å². The molecule has 2 rings (SSSR count). The Labute approximate surface area is 124 Å². The van der Waals surface area contributed by atoms with Crippen molar-refractivity contribution >= 4 is 21.4 Å². The molecule has 112 valence electrons. The van der Waals surface area contributed by atoms with Crippen LogP contribution in [-0.2, 0) is 10.0 Å². The molecule has 6 heteroatoms. The lowest BCUT2D eigenvalue weighted by Crippen LogP contribution is -2.26.